The van der Waals surface area contributed by atoms with Gasteiger partial charge in [0.05, 0.1) is 16.3 Å². The Morgan fingerprint density at radius 2 is 1.37 bits per heavy atom. The van der Waals surface area contributed by atoms with E-state index in [0.717, 1.165) is 11.1 Å². The van der Waals surface area contributed by atoms with Crippen LogP contribution in [0.5, 0.6) is 0 Å². The predicted molar refractivity (Wildman–Crippen MR) is 150 cm³/mol. The van der Waals surface area contributed by atoms with Crippen molar-refractivity contribution in [3.8, 4) is 0 Å². The first kappa shape index (κ1) is 25.4. The first-order valence-electron chi connectivity index (χ1n) is 12.4. The van der Waals surface area contributed by atoms with Crippen LogP contribution in [-0.4, -0.2) is 20.5 Å². The minimum Gasteiger partial charge on any atom is -0.298 e. The molecule has 0 spiro atoms. The van der Waals surface area contributed by atoms with Gasteiger partial charge < -0.3 is 0 Å². The fraction of sp³-hybridized carbons (Fsp3) is 0.125. The zero-order chi connectivity index (χ0) is 26.9. The van der Waals surface area contributed by atoms with E-state index in [-0.39, 0.29) is 28.4 Å². The van der Waals surface area contributed by atoms with Gasteiger partial charge in [0.2, 0.25) is 0 Å². The highest BCUT2D eigenvalue weighted by Gasteiger charge is 2.40. The van der Waals surface area contributed by atoms with Gasteiger partial charge >= 0.3 is 0 Å². The summed E-state index contributed by atoms with van der Waals surface area (Å²) >= 11 is 0. The molecule has 5 rings (SSSR count). The van der Waals surface area contributed by atoms with Gasteiger partial charge in [0, 0.05) is 23.5 Å². The van der Waals surface area contributed by atoms with Crippen LogP contribution in [0.25, 0.3) is 5.70 Å². The summed E-state index contributed by atoms with van der Waals surface area (Å²) in [7, 11) is -4.11. The Kier molecular flexibility index (Phi) is 6.83. The number of aldehydes is 1. The number of allylic oxidation sites excluding steroid dienone is 1. The Hall–Kier alpha value is -4.29. The number of sulfonamides is 1. The summed E-state index contributed by atoms with van der Waals surface area (Å²) in [5.74, 6) is -0.733. The van der Waals surface area contributed by atoms with Crippen LogP contribution in [0.4, 0.5) is 5.69 Å². The number of benzene rings is 4. The SMILES string of the molecule is Cc1ccc(C(=O)C[C@H]2C(C=O)=C(c3ccccc3)N(S(=O)(=O)c3ccc(C)cc3)c3ccccc32)cc1. The molecule has 1 aliphatic heterocycles. The van der Waals surface area contributed by atoms with Gasteiger partial charge in [0.15, 0.2) is 5.78 Å². The third kappa shape index (κ3) is 4.59. The van der Waals surface area contributed by atoms with Gasteiger partial charge in [-0.3, -0.25) is 9.59 Å². The fourth-order valence-corrected chi connectivity index (χ4v) is 6.45. The predicted octanol–water partition coefficient (Wildman–Crippen LogP) is 6.48. The highest BCUT2D eigenvalue weighted by molar-refractivity contribution is 7.93. The number of hydrogen-bond acceptors (Lipinski definition) is 4. The Morgan fingerprint density at radius 3 is 2.00 bits per heavy atom. The average molecular weight is 522 g/mol. The van der Waals surface area contributed by atoms with Gasteiger partial charge in [0.1, 0.15) is 6.29 Å². The maximum Gasteiger partial charge on any atom is 0.268 e. The molecule has 0 N–H and O–H groups in total. The third-order valence-electron chi connectivity index (χ3n) is 6.88. The molecular formula is C32H27NO4S. The summed E-state index contributed by atoms with van der Waals surface area (Å²) in [6, 6.07) is 30.1. The van der Waals surface area contributed by atoms with Crippen molar-refractivity contribution < 1.29 is 18.0 Å². The Balaban J connectivity index is 1.74. The van der Waals surface area contributed by atoms with Crippen LogP contribution in [0.2, 0.25) is 0 Å². The summed E-state index contributed by atoms with van der Waals surface area (Å²) in [4.78, 5) is 26.3. The van der Waals surface area contributed by atoms with Gasteiger partial charge in [0.25, 0.3) is 10.0 Å². The zero-order valence-corrected chi connectivity index (χ0v) is 22.0. The topological polar surface area (TPSA) is 71.5 Å². The molecule has 0 aliphatic carbocycles. The molecule has 0 saturated carbocycles. The van der Waals surface area contributed by atoms with Crippen LogP contribution in [0.15, 0.2) is 114 Å². The molecule has 190 valence electrons. The van der Waals surface area contributed by atoms with Crippen LogP contribution < -0.4 is 4.31 Å². The number of Topliss-reactive ketones (excluding diaryl/α,β-unsaturated/α-hetero) is 1. The maximum absolute atomic E-state index is 14.2. The van der Waals surface area contributed by atoms with E-state index in [9.17, 15) is 18.0 Å². The highest BCUT2D eigenvalue weighted by atomic mass is 32.2. The number of carbonyl (C=O) groups is 2. The number of hydrogen-bond donors (Lipinski definition) is 0. The standard InChI is InChI=1S/C32H27NO4S/c1-22-12-16-24(17-13-22)31(35)20-28-27-10-6-7-11-30(27)33(38(36,37)26-18-14-23(2)15-19-26)32(29(28)21-34)25-8-4-3-5-9-25/h3-19,21,28H,20H2,1-2H3/t28-/m1/s1. The molecule has 38 heavy (non-hydrogen) atoms. The molecule has 1 atom stereocenters. The summed E-state index contributed by atoms with van der Waals surface area (Å²) in [6.07, 6.45) is 0.728. The maximum atomic E-state index is 14.2. The van der Waals surface area contributed by atoms with E-state index in [1.165, 1.54) is 4.31 Å². The van der Waals surface area contributed by atoms with Gasteiger partial charge in [-0.15, -0.1) is 0 Å². The van der Waals surface area contributed by atoms with Gasteiger partial charge in [-0.25, -0.2) is 12.7 Å². The number of para-hydroxylation sites is 1. The number of nitrogens with zero attached hydrogens (tertiary/aromatic N) is 1. The smallest absolute Gasteiger partial charge is 0.268 e. The Morgan fingerprint density at radius 1 is 0.789 bits per heavy atom. The molecule has 0 saturated heterocycles. The van der Waals surface area contributed by atoms with E-state index in [2.05, 4.69) is 0 Å². The van der Waals surface area contributed by atoms with E-state index in [0.29, 0.717) is 28.7 Å². The van der Waals surface area contributed by atoms with Gasteiger partial charge in [-0.1, -0.05) is 96.1 Å². The quantitative estimate of drug-likeness (QED) is 0.206. The number of anilines is 1. The third-order valence-corrected chi connectivity index (χ3v) is 8.61. The molecular weight excluding hydrogens is 494 g/mol. The van der Waals surface area contributed by atoms with Crippen LogP contribution in [0.1, 0.15) is 45.0 Å². The molecule has 1 aliphatic rings. The van der Waals surface area contributed by atoms with E-state index in [1.807, 2.05) is 32.0 Å². The second-order valence-electron chi connectivity index (χ2n) is 9.48. The first-order valence-corrected chi connectivity index (χ1v) is 13.8. The first-order chi connectivity index (χ1) is 18.3. The molecule has 0 bridgehead atoms. The minimum atomic E-state index is -4.11. The van der Waals surface area contributed by atoms with Crippen molar-refractivity contribution >= 4 is 33.5 Å². The van der Waals surface area contributed by atoms with Gasteiger partial charge in [-0.2, -0.15) is 0 Å². The lowest BCUT2D eigenvalue weighted by Gasteiger charge is -2.37. The Labute approximate surface area is 223 Å². The molecule has 6 heteroatoms. The van der Waals surface area contributed by atoms with Crippen LogP contribution in [0.3, 0.4) is 0 Å². The zero-order valence-electron chi connectivity index (χ0n) is 21.2. The molecule has 0 amide bonds. The summed E-state index contributed by atoms with van der Waals surface area (Å²) in [5, 5.41) is 0. The molecule has 0 unspecified atom stereocenters. The molecule has 0 radical (unpaired) electrons. The van der Waals surface area contributed by atoms with Crippen molar-refractivity contribution in [3.05, 3.63) is 137 Å². The van der Waals surface area contributed by atoms with Crippen molar-refractivity contribution in [1.29, 1.82) is 0 Å². The normalized spacial score (nSPS) is 15.2. The molecule has 0 aromatic heterocycles. The van der Waals surface area contributed by atoms with E-state index in [1.54, 1.807) is 84.9 Å². The van der Waals surface area contributed by atoms with Gasteiger partial charge in [-0.05, 0) is 43.2 Å². The minimum absolute atomic E-state index is 0.0307. The summed E-state index contributed by atoms with van der Waals surface area (Å²) < 4.78 is 29.7. The molecule has 4 aromatic carbocycles. The highest BCUT2D eigenvalue weighted by Crippen LogP contribution is 2.48. The van der Waals surface area contributed by atoms with Crippen molar-refractivity contribution in [2.75, 3.05) is 4.31 Å². The number of aryl methyl sites for hydroxylation is 2. The Bertz CT molecular complexity index is 1640. The molecule has 0 fully saturated rings. The van der Waals surface area contributed by atoms with E-state index < -0.39 is 15.9 Å². The van der Waals surface area contributed by atoms with Crippen LogP contribution in [-0.2, 0) is 14.8 Å². The van der Waals surface area contributed by atoms with E-state index in [4.69, 9.17) is 0 Å². The number of ketones is 1. The molecule has 5 nitrogen and oxygen atoms in total. The largest absolute Gasteiger partial charge is 0.298 e. The van der Waals surface area contributed by atoms with Crippen LogP contribution in [0, 0.1) is 13.8 Å². The fourth-order valence-electron chi connectivity index (χ4n) is 4.88. The monoisotopic (exact) mass is 521 g/mol. The summed E-state index contributed by atoms with van der Waals surface area (Å²) in [6.45, 7) is 3.84. The van der Waals surface area contributed by atoms with Crippen molar-refractivity contribution in [1.82, 2.24) is 0 Å². The number of carbonyl (C=O) groups excluding carboxylic acids is 2. The van der Waals surface area contributed by atoms with Crippen LogP contribution >= 0.6 is 0 Å². The second kappa shape index (κ2) is 10.2. The lowest BCUT2D eigenvalue weighted by atomic mass is 9.80. The molecule has 1 heterocycles. The lowest BCUT2D eigenvalue weighted by Crippen LogP contribution is -2.36. The van der Waals surface area contributed by atoms with Crippen molar-refractivity contribution in [2.24, 2.45) is 0 Å². The second-order valence-corrected chi connectivity index (χ2v) is 11.3. The molecule has 4 aromatic rings. The van der Waals surface area contributed by atoms with E-state index >= 15 is 0 Å². The van der Waals surface area contributed by atoms with Crippen molar-refractivity contribution in [3.63, 3.8) is 0 Å². The number of fused-ring (bicyclic) bond motifs is 1. The van der Waals surface area contributed by atoms with Crippen molar-refractivity contribution in [2.45, 2.75) is 31.1 Å². The number of rotatable bonds is 7. The lowest BCUT2D eigenvalue weighted by molar-refractivity contribution is -0.105. The average Bonchev–Trinajstić information content (AvgIpc) is 2.93. The summed E-state index contributed by atoms with van der Waals surface area (Å²) in [5.41, 5.74) is 4.67.